The van der Waals surface area contributed by atoms with Crippen molar-refractivity contribution in [3.05, 3.63) is 0 Å². The molecular weight excluding hydrogens is 150 g/mol. The van der Waals surface area contributed by atoms with Crippen LogP contribution in [0.2, 0.25) is 0 Å². The Morgan fingerprint density at radius 3 is 2.58 bits per heavy atom. The molecule has 0 rings (SSSR count). The van der Waals surface area contributed by atoms with Crippen LogP contribution in [0.25, 0.3) is 0 Å². The van der Waals surface area contributed by atoms with Crippen molar-refractivity contribution in [3.8, 4) is 12.3 Å². The second kappa shape index (κ2) is 5.18. The van der Waals surface area contributed by atoms with Gasteiger partial charge in [-0.05, 0) is 12.8 Å². The van der Waals surface area contributed by atoms with E-state index in [0.717, 1.165) is 6.54 Å². The molecule has 0 aliphatic heterocycles. The molecule has 0 aromatic carbocycles. The number of nitrogens with one attached hydrogen (secondary N) is 1. The Hall–Kier alpha value is -0.520. The van der Waals surface area contributed by atoms with E-state index in [2.05, 4.69) is 11.2 Å². The minimum Gasteiger partial charge on any atom is -0.389 e. The highest BCUT2D eigenvalue weighted by Crippen LogP contribution is 2.14. The molecule has 0 fully saturated rings. The largest absolute Gasteiger partial charge is 0.389 e. The van der Waals surface area contributed by atoms with E-state index in [9.17, 15) is 5.11 Å². The van der Waals surface area contributed by atoms with Crippen LogP contribution in [0.5, 0.6) is 0 Å². The van der Waals surface area contributed by atoms with Gasteiger partial charge in [-0.15, -0.1) is 12.3 Å². The van der Waals surface area contributed by atoms with Crippen LogP contribution in [0.1, 0.15) is 27.2 Å². The summed E-state index contributed by atoms with van der Waals surface area (Å²) in [7, 11) is 0. The average Bonchev–Trinajstić information content (AvgIpc) is 1.98. The predicted octanol–water partition coefficient (Wildman–Crippen LogP) is 1.01. The van der Waals surface area contributed by atoms with Gasteiger partial charge in [0.1, 0.15) is 0 Å². The van der Waals surface area contributed by atoms with E-state index >= 15 is 0 Å². The highest BCUT2D eigenvalue weighted by atomic mass is 16.3. The van der Waals surface area contributed by atoms with E-state index in [4.69, 9.17) is 6.42 Å². The lowest BCUT2D eigenvalue weighted by molar-refractivity contribution is 0.0146. The SMILES string of the molecule is C#CCCNCC(C)(O)C(C)C. The molecule has 0 aromatic rings. The maximum atomic E-state index is 9.78. The standard InChI is InChI=1S/C10H19NO/c1-5-6-7-11-8-10(4,12)9(2)3/h1,9,11-12H,6-8H2,2-4H3. The quantitative estimate of drug-likeness (QED) is 0.475. The van der Waals surface area contributed by atoms with E-state index in [1.165, 1.54) is 0 Å². The van der Waals surface area contributed by atoms with Crippen LogP contribution in [0.15, 0.2) is 0 Å². The molecule has 1 atom stereocenters. The van der Waals surface area contributed by atoms with Gasteiger partial charge in [-0.1, -0.05) is 13.8 Å². The first-order valence-corrected chi connectivity index (χ1v) is 4.37. The molecule has 0 aliphatic carbocycles. The van der Waals surface area contributed by atoms with Crippen LogP contribution in [0, 0.1) is 18.3 Å². The Morgan fingerprint density at radius 2 is 2.17 bits per heavy atom. The van der Waals surface area contributed by atoms with Gasteiger partial charge in [0.15, 0.2) is 0 Å². The Morgan fingerprint density at radius 1 is 1.58 bits per heavy atom. The Kier molecular flexibility index (Phi) is 4.96. The molecule has 0 spiro atoms. The third-order valence-electron chi connectivity index (χ3n) is 2.17. The zero-order valence-electron chi connectivity index (χ0n) is 8.22. The van der Waals surface area contributed by atoms with Crippen LogP contribution < -0.4 is 5.32 Å². The maximum absolute atomic E-state index is 9.78. The normalized spacial score (nSPS) is 15.7. The van der Waals surface area contributed by atoms with Crippen LogP contribution in [0.4, 0.5) is 0 Å². The van der Waals surface area contributed by atoms with Crippen molar-refractivity contribution >= 4 is 0 Å². The van der Waals surface area contributed by atoms with Crippen LogP contribution in [-0.4, -0.2) is 23.8 Å². The minimum absolute atomic E-state index is 0.260. The predicted molar refractivity (Wildman–Crippen MR) is 51.8 cm³/mol. The number of aliphatic hydroxyl groups is 1. The Bertz CT molecular complexity index is 156. The lowest BCUT2D eigenvalue weighted by Crippen LogP contribution is -2.42. The third kappa shape index (κ3) is 4.38. The summed E-state index contributed by atoms with van der Waals surface area (Å²) in [6.07, 6.45) is 5.80. The smallest absolute Gasteiger partial charge is 0.0766 e. The number of hydrogen-bond acceptors (Lipinski definition) is 2. The van der Waals surface area contributed by atoms with E-state index in [1.807, 2.05) is 20.8 Å². The number of terminal acetylenes is 1. The highest BCUT2D eigenvalue weighted by Gasteiger charge is 2.23. The molecule has 0 amide bonds. The van der Waals surface area contributed by atoms with Crippen molar-refractivity contribution in [1.82, 2.24) is 5.32 Å². The van der Waals surface area contributed by atoms with Crippen molar-refractivity contribution < 1.29 is 5.11 Å². The molecule has 1 unspecified atom stereocenters. The average molecular weight is 169 g/mol. The maximum Gasteiger partial charge on any atom is 0.0766 e. The van der Waals surface area contributed by atoms with Gasteiger partial charge in [-0.2, -0.15) is 0 Å². The van der Waals surface area contributed by atoms with Gasteiger partial charge in [0.2, 0.25) is 0 Å². The zero-order valence-corrected chi connectivity index (χ0v) is 8.22. The van der Waals surface area contributed by atoms with Crippen molar-refractivity contribution in [1.29, 1.82) is 0 Å². The minimum atomic E-state index is -0.630. The molecule has 0 saturated heterocycles. The van der Waals surface area contributed by atoms with Gasteiger partial charge >= 0.3 is 0 Å². The summed E-state index contributed by atoms with van der Waals surface area (Å²) < 4.78 is 0. The van der Waals surface area contributed by atoms with E-state index in [-0.39, 0.29) is 5.92 Å². The first-order valence-electron chi connectivity index (χ1n) is 4.37. The molecule has 0 radical (unpaired) electrons. The molecule has 12 heavy (non-hydrogen) atoms. The van der Waals surface area contributed by atoms with Crippen LogP contribution >= 0.6 is 0 Å². The van der Waals surface area contributed by atoms with Gasteiger partial charge in [-0.3, -0.25) is 0 Å². The second-order valence-corrected chi connectivity index (χ2v) is 3.64. The summed E-state index contributed by atoms with van der Waals surface area (Å²) in [5.74, 6) is 2.80. The second-order valence-electron chi connectivity index (χ2n) is 3.64. The van der Waals surface area contributed by atoms with Gasteiger partial charge < -0.3 is 10.4 Å². The number of hydrogen-bond donors (Lipinski definition) is 2. The Balaban J connectivity index is 3.56. The van der Waals surface area contributed by atoms with Gasteiger partial charge in [-0.25, -0.2) is 0 Å². The van der Waals surface area contributed by atoms with Crippen molar-refractivity contribution in [3.63, 3.8) is 0 Å². The fourth-order valence-corrected chi connectivity index (χ4v) is 0.706. The van der Waals surface area contributed by atoms with Crippen molar-refractivity contribution in [2.45, 2.75) is 32.8 Å². The molecule has 2 N–H and O–H groups in total. The van der Waals surface area contributed by atoms with Crippen molar-refractivity contribution in [2.75, 3.05) is 13.1 Å². The first kappa shape index (κ1) is 11.5. The van der Waals surface area contributed by atoms with E-state index in [1.54, 1.807) is 0 Å². The molecule has 2 heteroatoms. The fraction of sp³-hybridized carbons (Fsp3) is 0.800. The first-order chi connectivity index (χ1) is 5.50. The Labute approximate surface area is 75.4 Å². The zero-order chi connectivity index (χ0) is 9.61. The summed E-state index contributed by atoms with van der Waals surface area (Å²) in [6.45, 7) is 7.22. The topological polar surface area (TPSA) is 32.3 Å². The monoisotopic (exact) mass is 169 g/mol. The van der Waals surface area contributed by atoms with E-state index in [0.29, 0.717) is 13.0 Å². The molecule has 2 nitrogen and oxygen atoms in total. The van der Waals surface area contributed by atoms with Crippen molar-refractivity contribution in [2.24, 2.45) is 5.92 Å². The lowest BCUT2D eigenvalue weighted by Gasteiger charge is -2.27. The fourth-order valence-electron chi connectivity index (χ4n) is 0.706. The van der Waals surface area contributed by atoms with Gasteiger partial charge in [0, 0.05) is 19.5 Å². The van der Waals surface area contributed by atoms with Gasteiger partial charge in [0.25, 0.3) is 0 Å². The lowest BCUT2D eigenvalue weighted by atomic mass is 9.92. The molecule has 0 bridgehead atoms. The molecule has 0 aliphatic rings. The van der Waals surface area contributed by atoms with E-state index < -0.39 is 5.60 Å². The van der Waals surface area contributed by atoms with Crippen LogP contribution in [0.3, 0.4) is 0 Å². The molecule has 0 aromatic heterocycles. The third-order valence-corrected chi connectivity index (χ3v) is 2.17. The summed E-state index contributed by atoms with van der Waals surface area (Å²) in [6, 6.07) is 0. The summed E-state index contributed by atoms with van der Waals surface area (Å²) in [4.78, 5) is 0. The van der Waals surface area contributed by atoms with Crippen LogP contribution in [-0.2, 0) is 0 Å². The highest BCUT2D eigenvalue weighted by molar-refractivity contribution is 4.85. The number of rotatable bonds is 5. The summed E-state index contributed by atoms with van der Waals surface area (Å²) in [5.41, 5.74) is -0.630. The summed E-state index contributed by atoms with van der Waals surface area (Å²) >= 11 is 0. The summed E-state index contributed by atoms with van der Waals surface area (Å²) in [5, 5.41) is 12.9. The molecule has 0 heterocycles. The molecule has 0 saturated carbocycles. The molecule has 70 valence electrons. The van der Waals surface area contributed by atoms with Gasteiger partial charge in [0.05, 0.1) is 5.60 Å². The molecular formula is C10H19NO.